The van der Waals surface area contributed by atoms with Gasteiger partial charge in [-0.1, -0.05) is 26.2 Å². The summed E-state index contributed by atoms with van der Waals surface area (Å²) < 4.78 is 0. The number of rotatable bonds is 0. The van der Waals surface area contributed by atoms with Gasteiger partial charge in [0.2, 0.25) is 0 Å². The average molecular weight is 227 g/mol. The molecule has 0 N–H and O–H groups in total. The van der Waals surface area contributed by atoms with E-state index in [0.717, 1.165) is 5.41 Å². The summed E-state index contributed by atoms with van der Waals surface area (Å²) in [5, 5.41) is 0. The van der Waals surface area contributed by atoms with E-state index in [1.54, 1.807) is 0 Å². The van der Waals surface area contributed by atoms with E-state index in [4.69, 9.17) is 0 Å². The zero-order valence-electron chi connectivity index (χ0n) is 7.33. The molecule has 0 nitrogen and oxygen atoms in total. The van der Waals surface area contributed by atoms with Crippen LogP contribution in [-0.2, 0) is 0 Å². The molecule has 3 saturated carbocycles. The summed E-state index contributed by atoms with van der Waals surface area (Å²) in [6.45, 7) is 2.46. The van der Waals surface area contributed by atoms with Crippen molar-refractivity contribution in [2.45, 2.75) is 45.4 Å². The third-order valence-electron chi connectivity index (χ3n) is 3.25. The summed E-state index contributed by atoms with van der Waals surface area (Å²) in [6.07, 6.45) is 8.83. The third-order valence-corrected chi connectivity index (χ3v) is 3.25. The molecule has 0 aromatic carbocycles. The molecule has 0 unspecified atom stereocenters. The molecule has 0 radical (unpaired) electrons. The zero-order valence-corrected chi connectivity index (χ0v) is 10.3. The minimum atomic E-state index is 0. The Hall–Kier alpha value is 1.25. The summed E-state index contributed by atoms with van der Waals surface area (Å²) >= 11 is 0. The van der Waals surface area contributed by atoms with E-state index in [-0.39, 0.29) is 40.0 Å². The molecule has 0 heterocycles. The van der Waals surface area contributed by atoms with Gasteiger partial charge >= 0.3 is 23.1 Å². The fourth-order valence-corrected chi connectivity index (χ4v) is 2.19. The molecule has 0 atom stereocenters. The summed E-state index contributed by atoms with van der Waals surface area (Å²) in [5.74, 6) is 1.86. The topological polar surface area (TPSA) is 0 Å². The van der Waals surface area contributed by atoms with Crippen LogP contribution in [0.3, 0.4) is 0 Å². The molecule has 0 aromatic rings. The minimum absolute atomic E-state index is 0. The van der Waals surface area contributed by atoms with E-state index in [9.17, 15) is 0 Å². The largest absolute Gasteiger partial charge is 2.00 e. The first-order chi connectivity index (χ1) is 4.29. The Morgan fingerprint density at radius 2 is 1.36 bits per heavy atom. The molecule has 0 amide bonds. The predicted molar refractivity (Wildman–Crippen MR) is 44.8 cm³/mol. The van der Waals surface area contributed by atoms with Crippen LogP contribution >= 0.6 is 0 Å². The Labute approximate surface area is 96.4 Å². The smallest absolute Gasteiger partial charge is 1.00 e. The fraction of sp³-hybridized carbons (Fsp3) is 0.889. The third kappa shape index (κ3) is 2.60. The summed E-state index contributed by atoms with van der Waals surface area (Å²) in [5.41, 5.74) is 0.766. The zero-order chi connectivity index (χ0) is 6.32. The number of hydrogen-bond acceptors (Lipinski definition) is 0. The maximum Gasteiger partial charge on any atom is 2.00 e. The Balaban J connectivity index is 0.000000500. The number of halogens is 1. The van der Waals surface area contributed by atoms with E-state index in [1.165, 1.54) is 38.5 Å². The minimum Gasteiger partial charge on any atom is -1.00 e. The molecule has 0 aliphatic heterocycles. The molecule has 3 rings (SSSR count). The predicted octanol–water partition coefficient (Wildman–Crippen LogP) is -0.442. The average Bonchev–Trinajstić information content (AvgIpc) is 1.90. The van der Waals surface area contributed by atoms with Crippen LogP contribution in [0.15, 0.2) is 0 Å². The maximum atomic E-state index is 2.46. The van der Waals surface area contributed by atoms with Crippen LogP contribution in [0.4, 0.5) is 0 Å². The molecular weight excluding hydrogens is 212 g/mol. The van der Waals surface area contributed by atoms with E-state index < -0.39 is 0 Å². The molecular formula is C9H15BrMg. The molecule has 2 bridgehead atoms. The summed E-state index contributed by atoms with van der Waals surface area (Å²) in [6, 6.07) is 0. The van der Waals surface area contributed by atoms with Gasteiger partial charge in [-0.25, -0.2) is 0 Å². The van der Waals surface area contributed by atoms with E-state index in [0.29, 0.717) is 0 Å². The van der Waals surface area contributed by atoms with E-state index >= 15 is 0 Å². The van der Waals surface area contributed by atoms with Gasteiger partial charge in [-0.05, 0) is 5.41 Å². The van der Waals surface area contributed by atoms with E-state index in [2.05, 4.69) is 6.92 Å². The SMILES string of the molecule is CC12CC[C-](CC1)CC2.[Br-].[Mg+2]. The second-order valence-corrected chi connectivity index (χ2v) is 4.06. The van der Waals surface area contributed by atoms with Gasteiger partial charge in [-0.2, -0.15) is 19.3 Å². The second-order valence-electron chi connectivity index (χ2n) is 4.06. The molecule has 0 saturated heterocycles. The monoisotopic (exact) mass is 226 g/mol. The Morgan fingerprint density at radius 1 is 1.00 bits per heavy atom. The van der Waals surface area contributed by atoms with Crippen molar-refractivity contribution in [1.29, 1.82) is 0 Å². The van der Waals surface area contributed by atoms with Gasteiger partial charge in [0.15, 0.2) is 0 Å². The van der Waals surface area contributed by atoms with Gasteiger partial charge in [-0.15, -0.1) is 0 Å². The molecule has 11 heavy (non-hydrogen) atoms. The Morgan fingerprint density at radius 3 is 1.55 bits per heavy atom. The van der Waals surface area contributed by atoms with Gasteiger partial charge in [0.05, 0.1) is 0 Å². The fourth-order valence-electron chi connectivity index (χ4n) is 2.19. The van der Waals surface area contributed by atoms with Gasteiger partial charge in [0.1, 0.15) is 0 Å². The first-order valence-electron chi connectivity index (χ1n) is 4.12. The molecule has 0 spiro atoms. The summed E-state index contributed by atoms with van der Waals surface area (Å²) in [7, 11) is 0. The molecule has 60 valence electrons. The van der Waals surface area contributed by atoms with Crippen molar-refractivity contribution in [3.05, 3.63) is 5.92 Å². The first-order valence-corrected chi connectivity index (χ1v) is 4.12. The van der Waals surface area contributed by atoms with Gasteiger partial charge in [-0.3, -0.25) is 0 Å². The van der Waals surface area contributed by atoms with Crippen LogP contribution in [0, 0.1) is 11.3 Å². The summed E-state index contributed by atoms with van der Waals surface area (Å²) in [4.78, 5) is 0. The van der Waals surface area contributed by atoms with Crippen molar-refractivity contribution in [3.8, 4) is 0 Å². The Bertz CT molecular complexity index is 103. The molecule has 3 aliphatic carbocycles. The molecule has 3 fully saturated rings. The van der Waals surface area contributed by atoms with Crippen molar-refractivity contribution in [3.63, 3.8) is 0 Å². The number of fused-ring (bicyclic) bond motifs is 3. The van der Waals surface area contributed by atoms with Gasteiger partial charge in [0.25, 0.3) is 0 Å². The van der Waals surface area contributed by atoms with E-state index in [1.807, 2.05) is 5.92 Å². The second kappa shape index (κ2) is 4.47. The van der Waals surface area contributed by atoms with Crippen LogP contribution in [0.5, 0.6) is 0 Å². The van der Waals surface area contributed by atoms with Crippen molar-refractivity contribution in [2.24, 2.45) is 5.41 Å². The van der Waals surface area contributed by atoms with Crippen LogP contribution in [0.25, 0.3) is 0 Å². The first kappa shape index (κ1) is 12.2. The van der Waals surface area contributed by atoms with Crippen LogP contribution in [0.2, 0.25) is 0 Å². The molecule has 2 heteroatoms. The number of hydrogen-bond donors (Lipinski definition) is 0. The van der Waals surface area contributed by atoms with Gasteiger partial charge in [0, 0.05) is 0 Å². The quantitative estimate of drug-likeness (QED) is 0.389. The maximum absolute atomic E-state index is 2.46. The molecule has 3 aliphatic rings. The van der Waals surface area contributed by atoms with Crippen LogP contribution < -0.4 is 17.0 Å². The van der Waals surface area contributed by atoms with Crippen molar-refractivity contribution in [1.82, 2.24) is 0 Å². The van der Waals surface area contributed by atoms with Crippen molar-refractivity contribution < 1.29 is 17.0 Å². The van der Waals surface area contributed by atoms with Crippen molar-refractivity contribution in [2.75, 3.05) is 0 Å². The van der Waals surface area contributed by atoms with Crippen LogP contribution in [0.1, 0.15) is 45.4 Å². The molecule has 0 aromatic heterocycles. The van der Waals surface area contributed by atoms with Crippen LogP contribution in [-0.4, -0.2) is 23.1 Å². The Kier molecular flexibility index (Phi) is 4.98. The van der Waals surface area contributed by atoms with Crippen molar-refractivity contribution >= 4 is 23.1 Å². The normalized spacial score (nSPS) is 27.0. The standard InChI is InChI=1S/C9H15.BrH.Mg/c1-9-5-2-8(3-6-9)4-7-9;;/h2-7H2,1H3;1H;/q-1;;+2/p-1. The van der Waals surface area contributed by atoms with Gasteiger partial charge < -0.3 is 22.9 Å².